The standard InChI is InChI=1S/C22H20O2/c23-16-21(17-24-21)22(18-10-4-1-5-11-18,19-12-6-2-7-13-19)20-14-8-3-9-15-20/h1-15,23H,16-17H2/t21-/m1/s1. The number of benzene rings is 3. The average molecular weight is 316 g/mol. The molecule has 0 aromatic heterocycles. The van der Waals surface area contributed by atoms with Crippen LogP contribution < -0.4 is 0 Å². The Kier molecular flexibility index (Phi) is 3.72. The molecule has 24 heavy (non-hydrogen) atoms. The van der Waals surface area contributed by atoms with E-state index in [1.54, 1.807) is 0 Å². The van der Waals surface area contributed by atoms with Crippen LogP contribution in [0.15, 0.2) is 91.0 Å². The van der Waals surface area contributed by atoms with Gasteiger partial charge in [0.2, 0.25) is 0 Å². The summed E-state index contributed by atoms with van der Waals surface area (Å²) in [6, 6.07) is 31.1. The van der Waals surface area contributed by atoms with Gasteiger partial charge in [-0.25, -0.2) is 0 Å². The van der Waals surface area contributed by atoms with Crippen LogP contribution in [0.4, 0.5) is 0 Å². The van der Waals surface area contributed by atoms with Crippen LogP contribution >= 0.6 is 0 Å². The molecule has 0 spiro atoms. The number of aliphatic hydroxyl groups is 1. The molecule has 1 heterocycles. The van der Waals surface area contributed by atoms with Gasteiger partial charge in [0.15, 0.2) is 0 Å². The third kappa shape index (κ3) is 2.11. The zero-order valence-electron chi connectivity index (χ0n) is 13.4. The van der Waals surface area contributed by atoms with Crippen molar-refractivity contribution >= 4 is 0 Å². The van der Waals surface area contributed by atoms with E-state index in [9.17, 15) is 5.11 Å². The van der Waals surface area contributed by atoms with Gasteiger partial charge in [-0.2, -0.15) is 0 Å². The smallest absolute Gasteiger partial charge is 0.132 e. The molecular formula is C22H20O2. The van der Waals surface area contributed by atoms with Crippen LogP contribution in [0.2, 0.25) is 0 Å². The Hall–Kier alpha value is -2.42. The maximum Gasteiger partial charge on any atom is 0.132 e. The fourth-order valence-electron chi connectivity index (χ4n) is 3.87. The van der Waals surface area contributed by atoms with Gasteiger partial charge >= 0.3 is 0 Å². The molecular weight excluding hydrogens is 296 g/mol. The van der Waals surface area contributed by atoms with Crippen LogP contribution in [0.25, 0.3) is 0 Å². The highest BCUT2D eigenvalue weighted by molar-refractivity contribution is 5.55. The molecule has 1 aliphatic heterocycles. The first kappa shape index (κ1) is 15.1. The summed E-state index contributed by atoms with van der Waals surface area (Å²) in [6.45, 7) is 0.522. The lowest BCUT2D eigenvalue weighted by Gasteiger charge is -2.40. The lowest BCUT2D eigenvalue weighted by molar-refractivity contribution is 0.131. The monoisotopic (exact) mass is 316 g/mol. The zero-order chi connectivity index (χ0) is 16.5. The molecule has 3 aromatic rings. The minimum absolute atomic E-state index is 0.0221. The highest BCUT2D eigenvalue weighted by Crippen LogP contribution is 2.54. The Morgan fingerprint density at radius 3 is 1.29 bits per heavy atom. The van der Waals surface area contributed by atoms with E-state index in [1.165, 1.54) is 0 Å². The Morgan fingerprint density at radius 1 is 0.708 bits per heavy atom. The van der Waals surface area contributed by atoms with Crippen molar-refractivity contribution in [2.75, 3.05) is 13.2 Å². The van der Waals surface area contributed by atoms with E-state index in [0.717, 1.165) is 16.7 Å². The van der Waals surface area contributed by atoms with Crippen molar-refractivity contribution in [3.05, 3.63) is 108 Å². The Morgan fingerprint density at radius 2 is 1.04 bits per heavy atom. The summed E-state index contributed by atoms with van der Waals surface area (Å²) >= 11 is 0. The molecule has 1 aliphatic rings. The summed E-state index contributed by atoms with van der Waals surface area (Å²) in [4.78, 5) is 0. The van der Waals surface area contributed by atoms with Gasteiger partial charge in [-0.3, -0.25) is 0 Å². The van der Waals surface area contributed by atoms with Crippen molar-refractivity contribution < 1.29 is 9.84 Å². The maximum absolute atomic E-state index is 10.3. The fraction of sp³-hybridized carbons (Fsp3) is 0.182. The molecule has 0 amide bonds. The molecule has 0 radical (unpaired) electrons. The van der Waals surface area contributed by atoms with Crippen LogP contribution in [0.3, 0.4) is 0 Å². The first-order valence-corrected chi connectivity index (χ1v) is 8.25. The number of aliphatic hydroxyl groups excluding tert-OH is 1. The normalized spacial score (nSPS) is 19.9. The minimum Gasteiger partial charge on any atom is -0.393 e. The van der Waals surface area contributed by atoms with E-state index in [2.05, 4.69) is 36.4 Å². The SMILES string of the molecule is OC[C@]1(C(c2ccccc2)(c2ccccc2)c2ccccc2)CO1. The highest BCUT2D eigenvalue weighted by atomic mass is 16.6. The van der Waals surface area contributed by atoms with E-state index in [1.807, 2.05) is 54.6 Å². The van der Waals surface area contributed by atoms with Crippen molar-refractivity contribution in [2.45, 2.75) is 11.0 Å². The van der Waals surface area contributed by atoms with Crippen molar-refractivity contribution in [1.29, 1.82) is 0 Å². The topological polar surface area (TPSA) is 32.8 Å². The first-order valence-electron chi connectivity index (χ1n) is 8.25. The van der Waals surface area contributed by atoms with Crippen molar-refractivity contribution in [2.24, 2.45) is 0 Å². The van der Waals surface area contributed by atoms with Crippen molar-refractivity contribution in [1.82, 2.24) is 0 Å². The zero-order valence-corrected chi connectivity index (χ0v) is 13.4. The average Bonchev–Trinajstić information content (AvgIpc) is 3.47. The molecule has 0 bridgehead atoms. The van der Waals surface area contributed by atoms with Gasteiger partial charge in [-0.1, -0.05) is 91.0 Å². The van der Waals surface area contributed by atoms with E-state index in [0.29, 0.717) is 6.61 Å². The van der Waals surface area contributed by atoms with Gasteiger partial charge < -0.3 is 9.84 Å². The maximum atomic E-state index is 10.3. The summed E-state index contributed by atoms with van der Waals surface area (Å²) in [7, 11) is 0. The summed E-state index contributed by atoms with van der Waals surface area (Å²) in [6.07, 6.45) is 0. The number of epoxide rings is 1. The van der Waals surface area contributed by atoms with Gasteiger partial charge in [0.1, 0.15) is 5.60 Å². The molecule has 1 fully saturated rings. The van der Waals surface area contributed by atoms with Gasteiger partial charge in [0, 0.05) is 0 Å². The van der Waals surface area contributed by atoms with Gasteiger partial charge in [0.05, 0.1) is 18.6 Å². The third-order valence-corrected chi connectivity index (χ3v) is 5.05. The van der Waals surface area contributed by atoms with Crippen LogP contribution in [0, 0.1) is 0 Å². The van der Waals surface area contributed by atoms with Gasteiger partial charge in [-0.15, -0.1) is 0 Å². The number of ether oxygens (including phenoxy) is 1. The predicted octanol–water partition coefficient (Wildman–Crippen LogP) is 3.78. The quantitative estimate of drug-likeness (QED) is 0.574. The molecule has 1 saturated heterocycles. The van der Waals surface area contributed by atoms with E-state index in [4.69, 9.17) is 4.74 Å². The highest BCUT2D eigenvalue weighted by Gasteiger charge is 2.63. The second kappa shape index (κ2) is 5.90. The summed E-state index contributed by atoms with van der Waals surface area (Å²) in [5, 5.41) is 10.3. The summed E-state index contributed by atoms with van der Waals surface area (Å²) in [5.74, 6) is 0. The molecule has 120 valence electrons. The van der Waals surface area contributed by atoms with Gasteiger partial charge in [-0.05, 0) is 16.7 Å². The molecule has 0 saturated carbocycles. The lowest BCUT2D eigenvalue weighted by Crippen LogP contribution is -2.47. The number of hydrogen-bond acceptors (Lipinski definition) is 2. The number of hydrogen-bond donors (Lipinski definition) is 1. The minimum atomic E-state index is -0.628. The van der Waals surface area contributed by atoms with Crippen molar-refractivity contribution in [3.8, 4) is 0 Å². The lowest BCUT2D eigenvalue weighted by atomic mass is 9.61. The Bertz CT molecular complexity index is 696. The van der Waals surface area contributed by atoms with Crippen LogP contribution in [-0.4, -0.2) is 23.9 Å². The summed E-state index contributed by atoms with van der Waals surface area (Å²) in [5.41, 5.74) is 2.24. The largest absolute Gasteiger partial charge is 0.393 e. The van der Waals surface area contributed by atoms with E-state index < -0.39 is 11.0 Å². The van der Waals surface area contributed by atoms with E-state index >= 15 is 0 Å². The van der Waals surface area contributed by atoms with Crippen LogP contribution in [0.5, 0.6) is 0 Å². The van der Waals surface area contributed by atoms with Crippen molar-refractivity contribution in [3.63, 3.8) is 0 Å². The first-order chi connectivity index (χ1) is 11.8. The second-order valence-electron chi connectivity index (χ2n) is 6.29. The fourth-order valence-corrected chi connectivity index (χ4v) is 3.87. The Labute approximate surface area is 142 Å². The van der Waals surface area contributed by atoms with Gasteiger partial charge in [0.25, 0.3) is 0 Å². The second-order valence-corrected chi connectivity index (χ2v) is 6.29. The molecule has 2 heteroatoms. The van der Waals surface area contributed by atoms with Crippen LogP contribution in [0.1, 0.15) is 16.7 Å². The molecule has 3 aromatic carbocycles. The number of rotatable bonds is 5. The Balaban J connectivity index is 2.08. The predicted molar refractivity (Wildman–Crippen MR) is 95.0 cm³/mol. The molecule has 0 unspecified atom stereocenters. The molecule has 1 N–H and O–H groups in total. The molecule has 2 nitrogen and oxygen atoms in total. The summed E-state index contributed by atoms with van der Waals surface area (Å²) < 4.78 is 5.92. The molecule has 4 rings (SSSR count). The molecule has 0 aliphatic carbocycles. The van der Waals surface area contributed by atoms with Crippen LogP contribution in [-0.2, 0) is 10.2 Å². The molecule has 1 atom stereocenters. The third-order valence-electron chi connectivity index (χ3n) is 5.05. The van der Waals surface area contributed by atoms with E-state index in [-0.39, 0.29) is 6.61 Å².